The summed E-state index contributed by atoms with van der Waals surface area (Å²) in [6, 6.07) is 9.82. The maximum absolute atomic E-state index is 6.09. The summed E-state index contributed by atoms with van der Waals surface area (Å²) in [5, 5.41) is 6.94. The fraction of sp³-hybridized carbons (Fsp3) is 0.200. The number of rotatable bonds is 2. The van der Waals surface area contributed by atoms with Gasteiger partial charge in [0.05, 0.1) is 17.2 Å². The summed E-state index contributed by atoms with van der Waals surface area (Å²) in [5.41, 5.74) is 6.51. The maximum Gasteiger partial charge on any atom is 0.190 e. The standard InChI is InChI=1S/C20H18N4O2/c1-11-12(2)19-15(7-14(11)13-8-21-22-9-13)23-20(24-19)18-10-25-16-5-3-4-6-17(16)26-18/h3-9,18H,10H2,1-2H3,(H,21,22)(H,23,24). The lowest BCUT2D eigenvalue weighted by atomic mass is 9.98. The van der Waals surface area contributed by atoms with E-state index in [0.29, 0.717) is 6.61 Å². The van der Waals surface area contributed by atoms with Gasteiger partial charge >= 0.3 is 0 Å². The number of nitrogens with one attached hydrogen (secondary N) is 2. The molecular weight excluding hydrogens is 328 g/mol. The molecule has 0 fully saturated rings. The first-order valence-electron chi connectivity index (χ1n) is 8.58. The molecule has 26 heavy (non-hydrogen) atoms. The van der Waals surface area contributed by atoms with Crippen LogP contribution in [0.4, 0.5) is 0 Å². The van der Waals surface area contributed by atoms with Crippen molar-refractivity contribution < 1.29 is 9.47 Å². The smallest absolute Gasteiger partial charge is 0.190 e. The number of aromatic amines is 2. The van der Waals surface area contributed by atoms with E-state index in [4.69, 9.17) is 14.5 Å². The molecule has 0 saturated carbocycles. The van der Waals surface area contributed by atoms with Crippen molar-refractivity contribution >= 4 is 11.0 Å². The molecule has 1 aliphatic heterocycles. The fourth-order valence-electron chi connectivity index (χ4n) is 3.43. The summed E-state index contributed by atoms with van der Waals surface area (Å²) in [4.78, 5) is 8.23. The number of benzene rings is 2. The first-order chi connectivity index (χ1) is 12.7. The monoisotopic (exact) mass is 346 g/mol. The number of imidazole rings is 1. The Labute approximate surface area is 150 Å². The number of fused-ring (bicyclic) bond motifs is 2. The zero-order valence-electron chi connectivity index (χ0n) is 14.5. The summed E-state index contributed by atoms with van der Waals surface area (Å²) in [6.07, 6.45) is 3.48. The van der Waals surface area contributed by atoms with E-state index in [0.717, 1.165) is 45.0 Å². The molecule has 6 nitrogen and oxygen atoms in total. The average molecular weight is 346 g/mol. The van der Waals surface area contributed by atoms with E-state index in [-0.39, 0.29) is 6.10 Å². The summed E-state index contributed by atoms with van der Waals surface area (Å²) in [5.74, 6) is 2.30. The van der Waals surface area contributed by atoms with Crippen molar-refractivity contribution in [1.29, 1.82) is 0 Å². The second-order valence-electron chi connectivity index (χ2n) is 6.54. The van der Waals surface area contributed by atoms with Crippen LogP contribution in [0.2, 0.25) is 0 Å². The second-order valence-corrected chi connectivity index (χ2v) is 6.54. The minimum Gasteiger partial charge on any atom is -0.485 e. The van der Waals surface area contributed by atoms with E-state index in [2.05, 4.69) is 35.1 Å². The van der Waals surface area contributed by atoms with Gasteiger partial charge in [-0.3, -0.25) is 5.10 Å². The van der Waals surface area contributed by atoms with Crippen LogP contribution < -0.4 is 9.47 Å². The number of hydrogen-bond acceptors (Lipinski definition) is 4. The first-order valence-corrected chi connectivity index (χ1v) is 8.58. The Morgan fingerprint density at radius 2 is 1.96 bits per heavy atom. The number of para-hydroxylation sites is 2. The molecule has 0 amide bonds. The van der Waals surface area contributed by atoms with Crippen molar-refractivity contribution in [3.63, 3.8) is 0 Å². The molecule has 0 aliphatic carbocycles. The number of hydrogen-bond donors (Lipinski definition) is 2. The Balaban J connectivity index is 1.58. The third kappa shape index (κ3) is 2.26. The maximum atomic E-state index is 6.09. The van der Waals surface area contributed by atoms with Gasteiger partial charge in [0.2, 0.25) is 0 Å². The van der Waals surface area contributed by atoms with Gasteiger partial charge in [-0.25, -0.2) is 4.98 Å². The average Bonchev–Trinajstić information content (AvgIpc) is 3.34. The Morgan fingerprint density at radius 3 is 2.77 bits per heavy atom. The van der Waals surface area contributed by atoms with Gasteiger partial charge in [0.1, 0.15) is 6.61 Å². The minimum atomic E-state index is -0.255. The first kappa shape index (κ1) is 15.0. The number of aryl methyl sites for hydroxylation is 1. The van der Waals surface area contributed by atoms with Crippen LogP contribution in [0.3, 0.4) is 0 Å². The molecule has 0 saturated heterocycles. The van der Waals surface area contributed by atoms with Crippen molar-refractivity contribution in [2.75, 3.05) is 6.61 Å². The van der Waals surface area contributed by atoms with Gasteiger partial charge in [-0.05, 0) is 48.7 Å². The van der Waals surface area contributed by atoms with Gasteiger partial charge < -0.3 is 14.5 Å². The molecule has 2 aromatic heterocycles. The fourth-order valence-corrected chi connectivity index (χ4v) is 3.43. The molecule has 4 aromatic rings. The third-order valence-electron chi connectivity index (χ3n) is 4.98. The highest BCUT2D eigenvalue weighted by Crippen LogP contribution is 2.36. The van der Waals surface area contributed by atoms with Crippen molar-refractivity contribution in [3.8, 4) is 22.6 Å². The van der Waals surface area contributed by atoms with E-state index in [1.165, 1.54) is 5.56 Å². The Kier molecular flexibility index (Phi) is 3.25. The topological polar surface area (TPSA) is 75.8 Å². The highest BCUT2D eigenvalue weighted by Gasteiger charge is 2.25. The molecule has 1 aliphatic rings. The van der Waals surface area contributed by atoms with Crippen LogP contribution in [0.5, 0.6) is 11.5 Å². The summed E-state index contributed by atoms with van der Waals surface area (Å²) >= 11 is 0. The summed E-state index contributed by atoms with van der Waals surface area (Å²) in [6.45, 7) is 4.64. The van der Waals surface area contributed by atoms with Gasteiger partial charge in [0, 0.05) is 11.8 Å². The zero-order chi connectivity index (χ0) is 17.7. The van der Waals surface area contributed by atoms with Gasteiger partial charge in [0.25, 0.3) is 0 Å². The molecule has 0 radical (unpaired) electrons. The summed E-state index contributed by atoms with van der Waals surface area (Å²) < 4.78 is 11.9. The van der Waals surface area contributed by atoms with E-state index in [9.17, 15) is 0 Å². The highest BCUT2D eigenvalue weighted by atomic mass is 16.6. The highest BCUT2D eigenvalue weighted by molar-refractivity contribution is 5.87. The number of aromatic nitrogens is 4. The van der Waals surface area contributed by atoms with Crippen molar-refractivity contribution in [3.05, 3.63) is 59.7 Å². The van der Waals surface area contributed by atoms with Crippen LogP contribution in [0.25, 0.3) is 22.2 Å². The molecule has 0 spiro atoms. The van der Waals surface area contributed by atoms with E-state index in [1.54, 1.807) is 0 Å². The van der Waals surface area contributed by atoms with E-state index >= 15 is 0 Å². The Morgan fingerprint density at radius 1 is 1.12 bits per heavy atom. The van der Waals surface area contributed by atoms with Gasteiger partial charge in [0.15, 0.2) is 23.4 Å². The van der Waals surface area contributed by atoms with Crippen LogP contribution in [0.15, 0.2) is 42.7 Å². The molecule has 5 rings (SSSR count). The zero-order valence-corrected chi connectivity index (χ0v) is 14.5. The summed E-state index contributed by atoms with van der Waals surface area (Å²) in [7, 11) is 0. The largest absolute Gasteiger partial charge is 0.485 e. The number of H-pyrrole nitrogens is 2. The molecular formula is C20H18N4O2. The third-order valence-corrected chi connectivity index (χ3v) is 4.98. The van der Waals surface area contributed by atoms with Gasteiger partial charge in [-0.1, -0.05) is 12.1 Å². The van der Waals surface area contributed by atoms with Crippen LogP contribution in [-0.4, -0.2) is 26.8 Å². The van der Waals surface area contributed by atoms with Crippen LogP contribution >= 0.6 is 0 Å². The predicted octanol–water partition coefficient (Wildman–Crippen LogP) is 4.08. The van der Waals surface area contributed by atoms with E-state index < -0.39 is 0 Å². The lowest BCUT2D eigenvalue weighted by Gasteiger charge is -2.24. The second kappa shape index (κ2) is 5.62. The molecule has 0 bridgehead atoms. The van der Waals surface area contributed by atoms with Crippen LogP contribution in [0.1, 0.15) is 23.1 Å². The van der Waals surface area contributed by atoms with Gasteiger partial charge in [-0.2, -0.15) is 5.10 Å². The molecule has 2 aromatic carbocycles. The SMILES string of the molecule is Cc1c(-c2cn[nH]c2)cc2[nH]c(C3COc4ccccc4O3)nc2c1C. The molecule has 1 atom stereocenters. The van der Waals surface area contributed by atoms with E-state index in [1.807, 2.05) is 36.7 Å². The molecule has 6 heteroatoms. The lowest BCUT2D eigenvalue weighted by Crippen LogP contribution is -2.22. The van der Waals surface area contributed by atoms with Crippen LogP contribution in [-0.2, 0) is 0 Å². The number of nitrogens with zero attached hydrogens (tertiary/aromatic N) is 2. The predicted molar refractivity (Wildman–Crippen MR) is 98.5 cm³/mol. The Hall–Kier alpha value is -3.28. The Bertz CT molecular complexity index is 1100. The molecule has 1 unspecified atom stereocenters. The van der Waals surface area contributed by atoms with Gasteiger partial charge in [-0.15, -0.1) is 0 Å². The van der Waals surface area contributed by atoms with Crippen molar-refractivity contribution in [2.45, 2.75) is 20.0 Å². The normalized spacial score (nSPS) is 16.2. The van der Waals surface area contributed by atoms with Crippen molar-refractivity contribution in [1.82, 2.24) is 20.2 Å². The molecule has 2 N–H and O–H groups in total. The quantitative estimate of drug-likeness (QED) is 0.573. The molecule has 3 heterocycles. The number of ether oxygens (including phenoxy) is 2. The minimum absolute atomic E-state index is 0.255. The lowest BCUT2D eigenvalue weighted by molar-refractivity contribution is 0.0859. The van der Waals surface area contributed by atoms with Crippen molar-refractivity contribution in [2.24, 2.45) is 0 Å². The molecule has 130 valence electrons. The van der Waals surface area contributed by atoms with Crippen LogP contribution in [0, 0.1) is 13.8 Å².